The summed E-state index contributed by atoms with van der Waals surface area (Å²) in [5, 5.41) is 5.63. The summed E-state index contributed by atoms with van der Waals surface area (Å²) in [5.74, 6) is 1.81. The third kappa shape index (κ3) is 3.18. The summed E-state index contributed by atoms with van der Waals surface area (Å²) in [7, 11) is 4.04. The van der Waals surface area contributed by atoms with Crippen LogP contribution in [0, 0.1) is 0 Å². The highest BCUT2D eigenvalue weighted by Crippen LogP contribution is 2.47. The lowest BCUT2D eigenvalue weighted by Crippen LogP contribution is -2.41. The number of nitrogens with one attached hydrogen (secondary N) is 1. The minimum Gasteiger partial charge on any atom is -0.364 e. The number of likely N-dealkylation sites (tertiary alicyclic amines) is 1. The molecule has 0 bridgehead atoms. The number of anilines is 2. The van der Waals surface area contributed by atoms with Gasteiger partial charge in [0.25, 0.3) is 0 Å². The first-order valence-electron chi connectivity index (χ1n) is 9.53. The molecule has 1 saturated heterocycles. The Bertz CT molecular complexity index is 750. The maximum absolute atomic E-state index is 5.03. The summed E-state index contributed by atoms with van der Waals surface area (Å²) in [6.07, 6.45) is 4.71. The largest absolute Gasteiger partial charge is 0.364 e. The lowest BCUT2D eigenvalue weighted by molar-refractivity contribution is 0.162. The van der Waals surface area contributed by atoms with Gasteiger partial charge in [-0.25, -0.2) is 9.97 Å². The van der Waals surface area contributed by atoms with Gasteiger partial charge in [-0.1, -0.05) is 6.92 Å². The first-order valence-corrected chi connectivity index (χ1v) is 10.5. The molecule has 1 fully saturated rings. The second kappa shape index (κ2) is 7.12. The van der Waals surface area contributed by atoms with Gasteiger partial charge in [0, 0.05) is 30.5 Å². The lowest BCUT2D eigenvalue weighted by Gasteiger charge is -2.39. The Kier molecular flexibility index (Phi) is 4.84. The summed E-state index contributed by atoms with van der Waals surface area (Å²) in [5.41, 5.74) is 5.82. The average molecular weight is 373 g/mol. The van der Waals surface area contributed by atoms with Gasteiger partial charge in [0.2, 0.25) is 5.95 Å². The van der Waals surface area contributed by atoms with Gasteiger partial charge in [-0.15, -0.1) is 11.3 Å². The van der Waals surface area contributed by atoms with Crippen molar-refractivity contribution < 1.29 is 0 Å². The summed E-state index contributed by atoms with van der Waals surface area (Å²) in [6, 6.07) is 0. The van der Waals surface area contributed by atoms with Gasteiger partial charge in [0.05, 0.1) is 23.4 Å². The number of aromatic nitrogens is 3. The van der Waals surface area contributed by atoms with Gasteiger partial charge < -0.3 is 15.1 Å². The van der Waals surface area contributed by atoms with Crippen molar-refractivity contribution in [1.29, 1.82) is 0 Å². The number of hydrogen-bond acceptors (Lipinski definition) is 7. The molecule has 4 rings (SSSR count). The molecule has 26 heavy (non-hydrogen) atoms. The normalized spacial score (nSPS) is 18.9. The van der Waals surface area contributed by atoms with E-state index in [9.17, 15) is 0 Å². The van der Waals surface area contributed by atoms with Crippen LogP contribution >= 0.6 is 11.3 Å². The number of nitrogens with zero attached hydrogens (tertiary/aromatic N) is 5. The van der Waals surface area contributed by atoms with Crippen molar-refractivity contribution in [1.82, 2.24) is 19.9 Å². The van der Waals surface area contributed by atoms with E-state index in [2.05, 4.69) is 27.5 Å². The molecule has 0 saturated carbocycles. The minimum atomic E-state index is 0.242. The lowest BCUT2D eigenvalue weighted by atomic mass is 9.76. The van der Waals surface area contributed by atoms with Crippen LogP contribution in [0.2, 0.25) is 0 Å². The molecule has 0 amide bonds. The van der Waals surface area contributed by atoms with Crippen molar-refractivity contribution in [3.8, 4) is 0 Å². The zero-order valence-electron chi connectivity index (χ0n) is 16.0. The van der Waals surface area contributed by atoms with Gasteiger partial charge in [-0.05, 0) is 45.3 Å². The Balaban J connectivity index is 1.65. The third-order valence-corrected chi connectivity index (χ3v) is 6.57. The van der Waals surface area contributed by atoms with Crippen LogP contribution in [-0.2, 0) is 18.4 Å². The molecule has 6 nitrogen and oxygen atoms in total. The number of thiazole rings is 1. The zero-order chi connectivity index (χ0) is 18.1. The van der Waals surface area contributed by atoms with Crippen molar-refractivity contribution in [3.05, 3.63) is 27.8 Å². The van der Waals surface area contributed by atoms with Gasteiger partial charge in [0.1, 0.15) is 5.82 Å². The van der Waals surface area contributed by atoms with Crippen molar-refractivity contribution in [2.75, 3.05) is 43.9 Å². The molecule has 0 atom stereocenters. The fourth-order valence-corrected chi connectivity index (χ4v) is 4.82. The molecule has 0 aromatic carbocycles. The number of rotatable bonds is 5. The van der Waals surface area contributed by atoms with Crippen LogP contribution in [0.1, 0.15) is 43.1 Å². The van der Waals surface area contributed by atoms with E-state index in [0.717, 1.165) is 37.0 Å². The number of piperidine rings is 1. The molecular weight excluding hydrogens is 344 g/mol. The Morgan fingerprint density at radius 3 is 2.69 bits per heavy atom. The summed E-state index contributed by atoms with van der Waals surface area (Å²) < 4.78 is 0. The molecule has 1 spiro atoms. The zero-order valence-corrected chi connectivity index (χ0v) is 16.8. The van der Waals surface area contributed by atoms with E-state index in [-0.39, 0.29) is 5.41 Å². The molecule has 1 N–H and O–H groups in total. The van der Waals surface area contributed by atoms with E-state index in [0.29, 0.717) is 0 Å². The molecule has 140 valence electrons. The van der Waals surface area contributed by atoms with E-state index in [4.69, 9.17) is 9.97 Å². The molecule has 2 aromatic heterocycles. The fraction of sp³-hybridized carbons (Fsp3) is 0.632. The van der Waals surface area contributed by atoms with Crippen LogP contribution in [0.15, 0.2) is 10.9 Å². The quantitative estimate of drug-likeness (QED) is 0.871. The van der Waals surface area contributed by atoms with E-state index >= 15 is 0 Å². The summed E-state index contributed by atoms with van der Waals surface area (Å²) in [6.45, 7) is 6.48. The van der Waals surface area contributed by atoms with Crippen LogP contribution in [0.25, 0.3) is 0 Å². The molecule has 7 heteroatoms. The van der Waals surface area contributed by atoms with Crippen molar-refractivity contribution in [2.45, 2.75) is 44.6 Å². The van der Waals surface area contributed by atoms with Crippen LogP contribution in [0.3, 0.4) is 0 Å². The van der Waals surface area contributed by atoms with E-state index in [1.807, 2.05) is 24.5 Å². The second-order valence-electron chi connectivity index (χ2n) is 7.64. The van der Waals surface area contributed by atoms with Gasteiger partial charge in [-0.3, -0.25) is 0 Å². The fourth-order valence-electron chi connectivity index (χ4n) is 4.26. The molecule has 3 heterocycles. The second-order valence-corrected chi connectivity index (χ2v) is 8.36. The monoisotopic (exact) mass is 372 g/mol. The summed E-state index contributed by atoms with van der Waals surface area (Å²) >= 11 is 1.63. The van der Waals surface area contributed by atoms with E-state index in [1.54, 1.807) is 11.3 Å². The first kappa shape index (κ1) is 17.7. The van der Waals surface area contributed by atoms with Crippen molar-refractivity contribution in [2.24, 2.45) is 0 Å². The highest BCUT2D eigenvalue weighted by atomic mass is 32.1. The number of fused-ring (bicyclic) bond motifs is 2. The Morgan fingerprint density at radius 2 is 2.04 bits per heavy atom. The van der Waals surface area contributed by atoms with Crippen molar-refractivity contribution >= 4 is 23.1 Å². The molecule has 2 aromatic rings. The Morgan fingerprint density at radius 1 is 1.23 bits per heavy atom. The molecular formula is C19H28N6S. The average Bonchev–Trinajstić information content (AvgIpc) is 3.29. The summed E-state index contributed by atoms with van der Waals surface area (Å²) in [4.78, 5) is 18.8. The Hall–Kier alpha value is -1.73. The van der Waals surface area contributed by atoms with Gasteiger partial charge in [-0.2, -0.15) is 4.98 Å². The van der Waals surface area contributed by atoms with Crippen molar-refractivity contribution in [3.63, 3.8) is 0 Å². The predicted octanol–water partition coefficient (Wildman–Crippen LogP) is 2.91. The maximum atomic E-state index is 5.03. The molecule has 0 unspecified atom stereocenters. The molecule has 1 aliphatic carbocycles. The molecule has 1 aliphatic heterocycles. The van der Waals surface area contributed by atoms with Crippen LogP contribution in [-0.4, -0.2) is 53.6 Å². The van der Waals surface area contributed by atoms with E-state index < -0.39 is 0 Å². The van der Waals surface area contributed by atoms with Gasteiger partial charge >= 0.3 is 0 Å². The number of hydrogen-bond donors (Lipinski definition) is 1. The van der Waals surface area contributed by atoms with Crippen LogP contribution in [0.4, 0.5) is 11.8 Å². The SMILES string of the molecule is CCN1CCC2(CCc3c(NCc4cscn4)nc(N(C)C)nc32)CC1. The molecule has 2 aliphatic rings. The third-order valence-electron chi connectivity index (χ3n) is 5.93. The predicted molar refractivity (Wildman–Crippen MR) is 107 cm³/mol. The van der Waals surface area contributed by atoms with Gasteiger partial charge in [0.15, 0.2) is 0 Å². The smallest absolute Gasteiger partial charge is 0.227 e. The highest BCUT2D eigenvalue weighted by Gasteiger charge is 2.44. The van der Waals surface area contributed by atoms with Crippen LogP contribution < -0.4 is 10.2 Å². The van der Waals surface area contributed by atoms with E-state index in [1.165, 1.54) is 43.6 Å². The topological polar surface area (TPSA) is 57.2 Å². The maximum Gasteiger partial charge on any atom is 0.227 e. The standard InChI is InChI=1S/C19H28N6S/c1-4-25-9-7-19(8-10-25)6-5-15-16(19)22-18(24(2)3)23-17(15)20-11-14-12-26-13-21-14/h12-13H,4-11H2,1-3H3,(H,20,22,23). The highest BCUT2D eigenvalue weighted by molar-refractivity contribution is 7.07. The Labute approximate surface area is 159 Å². The minimum absolute atomic E-state index is 0.242. The van der Waals surface area contributed by atoms with Crippen LogP contribution in [0.5, 0.6) is 0 Å². The molecule has 0 radical (unpaired) electrons. The first-order chi connectivity index (χ1) is 12.6.